The highest BCUT2D eigenvalue weighted by molar-refractivity contribution is 9.10. The Morgan fingerprint density at radius 3 is 3.05 bits per heavy atom. The normalized spacial score (nSPS) is 11.0. The minimum atomic E-state index is 0.655. The fraction of sp³-hybridized carbons (Fsp3) is 0.400. The van der Waals surface area contributed by atoms with Crippen LogP contribution < -0.4 is 5.32 Å². The summed E-state index contributed by atoms with van der Waals surface area (Å²) < 4.78 is 11.7. The summed E-state index contributed by atoms with van der Waals surface area (Å²) in [6.07, 6.45) is 3.49. The average molecular weight is 374 g/mol. The Morgan fingerprint density at radius 1 is 1.38 bits per heavy atom. The highest BCUT2D eigenvalue weighted by atomic mass is 79.9. The van der Waals surface area contributed by atoms with E-state index in [1.54, 1.807) is 13.3 Å². The molecule has 1 aromatic heterocycles. The maximum absolute atomic E-state index is 6.18. The third-order valence-electron chi connectivity index (χ3n) is 2.97. The van der Waals surface area contributed by atoms with E-state index in [2.05, 4.69) is 26.2 Å². The number of nitrogens with one attached hydrogen (secondary N) is 1. The molecule has 0 radical (unpaired) electrons. The lowest BCUT2D eigenvalue weighted by atomic mass is 10.2. The quantitative estimate of drug-likeness (QED) is 0.712. The largest absolute Gasteiger partial charge is 0.441 e. The smallest absolute Gasteiger partial charge is 0.194 e. The van der Waals surface area contributed by atoms with Crippen molar-refractivity contribution in [2.24, 2.45) is 0 Å². The third-order valence-corrected chi connectivity index (χ3v) is 3.80. The number of nitrogens with zero attached hydrogens (tertiary/aromatic N) is 1. The number of methoxy groups -OCH3 is 1. The first kappa shape index (κ1) is 16.5. The summed E-state index contributed by atoms with van der Waals surface area (Å²) in [5, 5.41) is 3.94. The first-order valence-corrected chi connectivity index (χ1v) is 7.97. The lowest BCUT2D eigenvalue weighted by molar-refractivity contribution is 0.199. The zero-order valence-electron chi connectivity index (χ0n) is 11.9. The molecule has 2 aromatic rings. The molecule has 0 unspecified atom stereocenters. The molecular weight excluding hydrogens is 356 g/mol. The second-order valence-electron chi connectivity index (χ2n) is 4.59. The van der Waals surface area contributed by atoms with Crippen LogP contribution in [0.2, 0.25) is 5.02 Å². The minimum absolute atomic E-state index is 0.655. The van der Waals surface area contributed by atoms with Crippen LogP contribution >= 0.6 is 27.5 Å². The monoisotopic (exact) mass is 372 g/mol. The molecule has 1 aromatic carbocycles. The van der Waals surface area contributed by atoms with E-state index in [-0.39, 0.29) is 0 Å². The maximum Gasteiger partial charge on any atom is 0.194 e. The van der Waals surface area contributed by atoms with Gasteiger partial charge in [-0.25, -0.2) is 4.98 Å². The molecule has 2 rings (SSSR count). The second-order valence-corrected chi connectivity index (χ2v) is 5.91. The summed E-state index contributed by atoms with van der Waals surface area (Å²) in [7, 11) is 1.70. The Hall–Kier alpha value is -0.880. The zero-order chi connectivity index (χ0) is 15.1. The molecule has 0 saturated heterocycles. The van der Waals surface area contributed by atoms with Crippen molar-refractivity contribution in [3.8, 4) is 11.3 Å². The van der Waals surface area contributed by atoms with E-state index >= 15 is 0 Å². The Bertz CT molecular complexity index is 575. The lowest BCUT2D eigenvalue weighted by Gasteiger charge is -2.02. The lowest BCUT2D eigenvalue weighted by Crippen LogP contribution is -2.20. The number of hydrogen-bond donors (Lipinski definition) is 1. The van der Waals surface area contributed by atoms with Crippen LogP contribution in [0.15, 0.2) is 33.3 Å². The van der Waals surface area contributed by atoms with Crippen molar-refractivity contribution in [3.05, 3.63) is 39.8 Å². The number of aryl methyl sites for hydroxylation is 1. The number of hydrogen-bond acceptors (Lipinski definition) is 4. The number of benzene rings is 1. The van der Waals surface area contributed by atoms with Crippen molar-refractivity contribution in [1.29, 1.82) is 0 Å². The van der Waals surface area contributed by atoms with Gasteiger partial charge in [0.1, 0.15) is 0 Å². The number of rotatable bonds is 8. The molecule has 0 amide bonds. The van der Waals surface area contributed by atoms with Gasteiger partial charge in [-0.05, 0) is 31.2 Å². The van der Waals surface area contributed by atoms with Crippen LogP contribution in [0.4, 0.5) is 0 Å². The highest BCUT2D eigenvalue weighted by Gasteiger charge is 2.10. The van der Waals surface area contributed by atoms with E-state index in [1.807, 2.05) is 18.2 Å². The average Bonchev–Trinajstić information content (AvgIpc) is 2.94. The van der Waals surface area contributed by atoms with Crippen LogP contribution in [0.25, 0.3) is 11.3 Å². The molecule has 4 nitrogen and oxygen atoms in total. The third kappa shape index (κ3) is 5.11. The van der Waals surface area contributed by atoms with Gasteiger partial charge < -0.3 is 14.5 Å². The van der Waals surface area contributed by atoms with E-state index in [0.717, 1.165) is 48.5 Å². The van der Waals surface area contributed by atoms with Gasteiger partial charge in [0.2, 0.25) is 0 Å². The molecule has 0 aliphatic heterocycles. The van der Waals surface area contributed by atoms with Crippen molar-refractivity contribution < 1.29 is 9.15 Å². The van der Waals surface area contributed by atoms with Gasteiger partial charge in [-0.15, -0.1) is 0 Å². The molecule has 0 bridgehead atoms. The van der Waals surface area contributed by atoms with Crippen LogP contribution in [-0.2, 0) is 11.2 Å². The molecule has 0 fully saturated rings. The molecule has 0 spiro atoms. The topological polar surface area (TPSA) is 47.3 Å². The Kier molecular flexibility index (Phi) is 6.70. The first-order valence-electron chi connectivity index (χ1n) is 6.80. The van der Waals surface area contributed by atoms with Gasteiger partial charge >= 0.3 is 0 Å². The highest BCUT2D eigenvalue weighted by Crippen LogP contribution is 2.31. The fourth-order valence-corrected chi connectivity index (χ4v) is 2.47. The van der Waals surface area contributed by atoms with E-state index in [1.165, 1.54) is 0 Å². The number of ether oxygens (including phenoxy) is 1. The summed E-state index contributed by atoms with van der Waals surface area (Å²) in [4.78, 5) is 4.30. The standard InChI is InChI=1S/C15H18BrClN2O2/c1-20-8-7-18-6-2-3-15-19-10-14(21-15)12-9-11(16)4-5-13(12)17/h4-5,9-10,18H,2-3,6-8H2,1H3. The van der Waals surface area contributed by atoms with Gasteiger partial charge in [-0.2, -0.15) is 0 Å². The fourth-order valence-electron chi connectivity index (χ4n) is 1.90. The Labute approximate surface area is 138 Å². The summed E-state index contributed by atoms with van der Waals surface area (Å²) in [6.45, 7) is 2.50. The molecule has 0 atom stereocenters. The molecular formula is C15H18BrClN2O2. The van der Waals surface area contributed by atoms with E-state index in [9.17, 15) is 0 Å². The van der Waals surface area contributed by atoms with Gasteiger partial charge in [-0.1, -0.05) is 27.5 Å². The predicted molar refractivity (Wildman–Crippen MR) is 87.7 cm³/mol. The van der Waals surface area contributed by atoms with Crippen molar-refractivity contribution in [2.75, 3.05) is 26.8 Å². The first-order chi connectivity index (χ1) is 10.2. The summed E-state index contributed by atoms with van der Waals surface area (Å²) in [6, 6.07) is 5.66. The summed E-state index contributed by atoms with van der Waals surface area (Å²) >= 11 is 9.62. The number of halogens is 2. The van der Waals surface area contributed by atoms with E-state index < -0.39 is 0 Å². The maximum atomic E-state index is 6.18. The molecule has 1 heterocycles. The van der Waals surface area contributed by atoms with Crippen molar-refractivity contribution in [1.82, 2.24) is 10.3 Å². The van der Waals surface area contributed by atoms with Gasteiger partial charge in [-0.3, -0.25) is 0 Å². The SMILES string of the molecule is COCCNCCCc1ncc(-c2cc(Br)ccc2Cl)o1. The zero-order valence-corrected chi connectivity index (χ0v) is 14.2. The van der Waals surface area contributed by atoms with Crippen LogP contribution in [0.5, 0.6) is 0 Å². The molecule has 0 saturated carbocycles. The Morgan fingerprint density at radius 2 is 2.24 bits per heavy atom. The number of oxazole rings is 1. The number of aromatic nitrogens is 1. The predicted octanol–water partition coefficient (Wildman–Crippen LogP) is 3.93. The van der Waals surface area contributed by atoms with Crippen molar-refractivity contribution in [3.63, 3.8) is 0 Å². The molecule has 1 N–H and O–H groups in total. The molecule has 0 aliphatic carbocycles. The van der Waals surface area contributed by atoms with Crippen molar-refractivity contribution in [2.45, 2.75) is 12.8 Å². The van der Waals surface area contributed by atoms with Gasteiger partial charge in [0, 0.05) is 30.1 Å². The van der Waals surface area contributed by atoms with E-state index in [4.69, 9.17) is 20.8 Å². The second kappa shape index (κ2) is 8.54. The van der Waals surface area contributed by atoms with Crippen LogP contribution in [0.3, 0.4) is 0 Å². The van der Waals surface area contributed by atoms with Gasteiger partial charge in [0.15, 0.2) is 11.7 Å². The van der Waals surface area contributed by atoms with Crippen LogP contribution in [-0.4, -0.2) is 31.8 Å². The molecule has 114 valence electrons. The van der Waals surface area contributed by atoms with Gasteiger partial charge in [0.05, 0.1) is 17.8 Å². The van der Waals surface area contributed by atoms with E-state index in [0.29, 0.717) is 10.8 Å². The minimum Gasteiger partial charge on any atom is -0.441 e. The molecule has 0 aliphatic rings. The summed E-state index contributed by atoms with van der Waals surface area (Å²) in [5.41, 5.74) is 0.850. The van der Waals surface area contributed by atoms with Gasteiger partial charge in [0.25, 0.3) is 0 Å². The van der Waals surface area contributed by atoms with Crippen LogP contribution in [0, 0.1) is 0 Å². The molecule has 6 heteroatoms. The summed E-state index contributed by atoms with van der Waals surface area (Å²) in [5.74, 6) is 1.43. The molecule has 21 heavy (non-hydrogen) atoms. The van der Waals surface area contributed by atoms with Crippen LogP contribution in [0.1, 0.15) is 12.3 Å². The van der Waals surface area contributed by atoms with Crippen molar-refractivity contribution >= 4 is 27.5 Å². The Balaban J connectivity index is 1.88.